The van der Waals surface area contributed by atoms with Crippen molar-refractivity contribution in [3.8, 4) is 11.5 Å². The minimum atomic E-state index is -0.898. The van der Waals surface area contributed by atoms with Crippen LogP contribution in [0.3, 0.4) is 0 Å². The second-order valence-electron chi connectivity index (χ2n) is 4.11. The van der Waals surface area contributed by atoms with Gasteiger partial charge in [0.05, 0.1) is 11.6 Å². The zero-order chi connectivity index (χ0) is 15.2. The van der Waals surface area contributed by atoms with Gasteiger partial charge >= 0.3 is 5.97 Å². The second kappa shape index (κ2) is 6.90. The fourth-order valence-electron chi connectivity index (χ4n) is 1.65. The molecule has 108 valence electrons. The lowest BCUT2D eigenvalue weighted by Crippen LogP contribution is -2.17. The standard InChI is InChI=1S/C16H13ClO4/c1-2-20-16(19)15(18)11-8-9-14(13(17)10-11)21-12-6-4-3-5-7-12/h3-10H,2H2,1H3. The third kappa shape index (κ3) is 3.83. The maximum absolute atomic E-state index is 11.8. The number of benzene rings is 2. The molecule has 0 saturated carbocycles. The van der Waals surface area contributed by atoms with Gasteiger partial charge in [-0.3, -0.25) is 4.79 Å². The highest BCUT2D eigenvalue weighted by molar-refractivity contribution is 6.41. The van der Waals surface area contributed by atoms with Crippen molar-refractivity contribution >= 4 is 23.4 Å². The Bertz CT molecular complexity index is 653. The third-order valence-corrected chi connectivity index (χ3v) is 2.92. The molecule has 0 unspecified atom stereocenters. The second-order valence-corrected chi connectivity index (χ2v) is 4.52. The van der Waals surface area contributed by atoms with Crippen molar-refractivity contribution in [1.29, 1.82) is 0 Å². The Labute approximate surface area is 127 Å². The monoisotopic (exact) mass is 304 g/mol. The summed E-state index contributed by atoms with van der Waals surface area (Å²) in [6.45, 7) is 1.78. The average Bonchev–Trinajstić information content (AvgIpc) is 2.50. The van der Waals surface area contributed by atoms with Gasteiger partial charge in [-0.25, -0.2) is 4.79 Å². The minimum absolute atomic E-state index is 0.146. The largest absolute Gasteiger partial charge is 0.460 e. The lowest BCUT2D eigenvalue weighted by molar-refractivity contribution is -0.137. The highest BCUT2D eigenvalue weighted by atomic mass is 35.5. The van der Waals surface area contributed by atoms with Gasteiger partial charge in [0.2, 0.25) is 0 Å². The van der Waals surface area contributed by atoms with Crippen LogP contribution in [0.5, 0.6) is 11.5 Å². The predicted octanol–water partition coefficient (Wildman–Crippen LogP) is 3.88. The van der Waals surface area contributed by atoms with Crippen molar-refractivity contribution in [2.75, 3.05) is 6.61 Å². The molecule has 2 aromatic carbocycles. The van der Waals surface area contributed by atoms with Crippen molar-refractivity contribution in [2.45, 2.75) is 6.92 Å². The van der Waals surface area contributed by atoms with Crippen molar-refractivity contribution in [3.63, 3.8) is 0 Å². The van der Waals surface area contributed by atoms with Gasteiger partial charge in [0, 0.05) is 5.56 Å². The number of halogens is 1. The molecule has 0 N–H and O–H groups in total. The van der Waals surface area contributed by atoms with Crippen LogP contribution < -0.4 is 4.74 Å². The summed E-state index contributed by atoms with van der Waals surface area (Å²) in [5, 5.41) is 0.244. The van der Waals surface area contributed by atoms with E-state index in [9.17, 15) is 9.59 Å². The van der Waals surface area contributed by atoms with Crippen molar-refractivity contribution in [3.05, 3.63) is 59.1 Å². The molecule has 0 saturated heterocycles. The lowest BCUT2D eigenvalue weighted by Gasteiger charge is -2.08. The van der Waals surface area contributed by atoms with E-state index in [1.54, 1.807) is 25.1 Å². The van der Waals surface area contributed by atoms with E-state index in [-0.39, 0.29) is 17.2 Å². The summed E-state index contributed by atoms with van der Waals surface area (Å²) in [6.07, 6.45) is 0. The average molecular weight is 305 g/mol. The van der Waals surface area contributed by atoms with Gasteiger partial charge in [-0.1, -0.05) is 29.8 Å². The third-order valence-electron chi connectivity index (χ3n) is 2.63. The fourth-order valence-corrected chi connectivity index (χ4v) is 1.87. The minimum Gasteiger partial charge on any atom is -0.460 e. The molecule has 0 aliphatic rings. The Hall–Kier alpha value is -2.33. The van der Waals surface area contributed by atoms with Crippen LogP contribution in [0.4, 0.5) is 0 Å². The van der Waals surface area contributed by atoms with Gasteiger partial charge in [0.1, 0.15) is 11.5 Å². The first-order chi connectivity index (χ1) is 10.1. The molecule has 0 heterocycles. The molecule has 0 fully saturated rings. The molecule has 0 atom stereocenters. The molecule has 0 aliphatic heterocycles. The number of Topliss-reactive ketones (excluding diaryl/α,β-unsaturated/α-hetero) is 1. The maximum Gasteiger partial charge on any atom is 0.379 e. The van der Waals surface area contributed by atoms with Crippen LogP contribution in [0, 0.1) is 0 Å². The van der Waals surface area contributed by atoms with Crippen LogP contribution in [0.1, 0.15) is 17.3 Å². The fraction of sp³-hybridized carbons (Fsp3) is 0.125. The van der Waals surface area contributed by atoms with Gasteiger partial charge in [-0.05, 0) is 37.3 Å². The van der Waals surface area contributed by atoms with Gasteiger partial charge in [0.25, 0.3) is 5.78 Å². The molecule has 21 heavy (non-hydrogen) atoms. The van der Waals surface area contributed by atoms with Crippen LogP contribution in [0.2, 0.25) is 5.02 Å². The highest BCUT2D eigenvalue weighted by Crippen LogP contribution is 2.30. The predicted molar refractivity (Wildman–Crippen MR) is 78.9 cm³/mol. The van der Waals surface area contributed by atoms with Gasteiger partial charge in [0.15, 0.2) is 0 Å². The normalized spacial score (nSPS) is 10.0. The molecular weight excluding hydrogens is 292 g/mol. The molecule has 0 radical (unpaired) electrons. The molecule has 2 aromatic rings. The molecular formula is C16H13ClO4. The van der Waals surface area contributed by atoms with E-state index in [4.69, 9.17) is 16.3 Å². The SMILES string of the molecule is CCOC(=O)C(=O)c1ccc(Oc2ccccc2)c(Cl)c1. The Morgan fingerprint density at radius 3 is 2.43 bits per heavy atom. The first-order valence-corrected chi connectivity index (χ1v) is 6.73. The van der Waals surface area contributed by atoms with Crippen LogP contribution in [-0.4, -0.2) is 18.4 Å². The molecule has 0 spiro atoms. The molecule has 4 nitrogen and oxygen atoms in total. The topological polar surface area (TPSA) is 52.6 Å². The number of para-hydroxylation sites is 1. The van der Waals surface area contributed by atoms with Crippen molar-refractivity contribution < 1.29 is 19.1 Å². The quantitative estimate of drug-likeness (QED) is 0.478. The summed E-state index contributed by atoms with van der Waals surface area (Å²) < 4.78 is 10.3. The number of rotatable bonds is 5. The molecule has 0 aromatic heterocycles. The van der Waals surface area contributed by atoms with Gasteiger partial charge in [-0.2, -0.15) is 0 Å². The zero-order valence-corrected chi connectivity index (χ0v) is 12.1. The maximum atomic E-state index is 11.8. The summed E-state index contributed by atoms with van der Waals surface area (Å²) in [5.74, 6) is -0.595. The highest BCUT2D eigenvalue weighted by Gasteiger charge is 2.18. The first-order valence-electron chi connectivity index (χ1n) is 6.35. The summed E-state index contributed by atoms with van der Waals surface area (Å²) in [5.41, 5.74) is 0.166. The summed E-state index contributed by atoms with van der Waals surface area (Å²) in [6, 6.07) is 13.5. The Morgan fingerprint density at radius 2 is 1.81 bits per heavy atom. The number of hydrogen-bond donors (Lipinski definition) is 0. The van der Waals surface area contributed by atoms with E-state index in [1.807, 2.05) is 18.2 Å². The Morgan fingerprint density at radius 1 is 1.10 bits per heavy atom. The molecule has 0 aliphatic carbocycles. The van der Waals surface area contributed by atoms with Crippen LogP contribution >= 0.6 is 11.6 Å². The van der Waals surface area contributed by atoms with Crippen molar-refractivity contribution in [1.82, 2.24) is 0 Å². The number of carbonyl (C=O) groups is 2. The van der Waals surface area contributed by atoms with E-state index in [0.29, 0.717) is 11.5 Å². The Balaban J connectivity index is 2.18. The van der Waals surface area contributed by atoms with Crippen molar-refractivity contribution in [2.24, 2.45) is 0 Å². The summed E-state index contributed by atoms with van der Waals surface area (Å²) in [7, 11) is 0. The summed E-state index contributed by atoms with van der Waals surface area (Å²) >= 11 is 6.08. The van der Waals surface area contributed by atoms with Crippen LogP contribution in [0.25, 0.3) is 0 Å². The number of esters is 1. The molecule has 5 heteroatoms. The van der Waals surface area contributed by atoms with E-state index in [0.717, 1.165) is 0 Å². The van der Waals surface area contributed by atoms with E-state index in [1.165, 1.54) is 12.1 Å². The lowest BCUT2D eigenvalue weighted by atomic mass is 10.1. The summed E-state index contributed by atoms with van der Waals surface area (Å²) in [4.78, 5) is 23.2. The van der Waals surface area contributed by atoms with E-state index < -0.39 is 11.8 Å². The van der Waals surface area contributed by atoms with E-state index >= 15 is 0 Å². The molecule has 2 rings (SSSR count). The number of ether oxygens (including phenoxy) is 2. The molecule has 0 amide bonds. The smallest absolute Gasteiger partial charge is 0.379 e. The number of carbonyl (C=O) groups excluding carboxylic acids is 2. The van der Waals surface area contributed by atoms with E-state index in [2.05, 4.69) is 4.74 Å². The zero-order valence-electron chi connectivity index (χ0n) is 11.3. The first kappa shape index (κ1) is 15.1. The Kier molecular flexibility index (Phi) is 4.95. The van der Waals surface area contributed by atoms with Crippen LogP contribution in [-0.2, 0) is 9.53 Å². The van der Waals surface area contributed by atoms with Gasteiger partial charge < -0.3 is 9.47 Å². The number of ketones is 1. The van der Waals surface area contributed by atoms with Crippen LogP contribution in [0.15, 0.2) is 48.5 Å². The molecule has 0 bridgehead atoms. The number of hydrogen-bond acceptors (Lipinski definition) is 4. The van der Waals surface area contributed by atoms with Gasteiger partial charge in [-0.15, -0.1) is 0 Å².